The maximum Gasteiger partial charge on any atom is 0.410 e. The predicted octanol–water partition coefficient (Wildman–Crippen LogP) is 1.86. The summed E-state index contributed by atoms with van der Waals surface area (Å²) < 4.78 is 5.47. The maximum atomic E-state index is 12.2. The van der Waals surface area contributed by atoms with Crippen LogP contribution in [0.4, 0.5) is 16.3 Å². The molecule has 1 aromatic rings. The van der Waals surface area contributed by atoms with E-state index in [-0.39, 0.29) is 12.1 Å². The second-order valence-corrected chi connectivity index (χ2v) is 6.77. The Morgan fingerprint density at radius 3 is 2.62 bits per heavy atom. The van der Waals surface area contributed by atoms with Gasteiger partial charge in [-0.25, -0.2) is 9.78 Å². The molecule has 2 N–H and O–H groups in total. The molecule has 2 aliphatic heterocycles. The fourth-order valence-electron chi connectivity index (χ4n) is 3.09. The van der Waals surface area contributed by atoms with Gasteiger partial charge in [-0.3, -0.25) is 0 Å². The summed E-state index contributed by atoms with van der Waals surface area (Å²) >= 11 is 0. The molecule has 6 nitrogen and oxygen atoms in total. The van der Waals surface area contributed by atoms with Crippen LogP contribution in [0.5, 0.6) is 0 Å². The third-order valence-electron chi connectivity index (χ3n) is 3.97. The van der Waals surface area contributed by atoms with Crippen LogP contribution in [0.3, 0.4) is 0 Å². The first-order chi connectivity index (χ1) is 9.83. The van der Waals surface area contributed by atoms with E-state index in [9.17, 15) is 4.79 Å². The van der Waals surface area contributed by atoms with Gasteiger partial charge < -0.3 is 20.3 Å². The summed E-state index contributed by atoms with van der Waals surface area (Å²) in [6, 6.07) is 4.36. The molecule has 1 amide bonds. The van der Waals surface area contributed by atoms with Gasteiger partial charge in [-0.05, 0) is 39.3 Å². The third kappa shape index (κ3) is 2.75. The van der Waals surface area contributed by atoms with Crippen LogP contribution >= 0.6 is 0 Å². The van der Waals surface area contributed by atoms with Crippen molar-refractivity contribution in [3.63, 3.8) is 0 Å². The lowest BCUT2D eigenvalue weighted by Gasteiger charge is -2.36. The van der Waals surface area contributed by atoms with Crippen molar-refractivity contribution < 1.29 is 9.53 Å². The third-order valence-corrected chi connectivity index (χ3v) is 3.97. The molecule has 3 rings (SSSR count). The molecule has 3 heterocycles. The van der Waals surface area contributed by atoms with Gasteiger partial charge >= 0.3 is 6.09 Å². The zero-order valence-corrected chi connectivity index (χ0v) is 12.7. The number of likely N-dealkylation sites (tertiary alicyclic amines) is 1. The summed E-state index contributed by atoms with van der Waals surface area (Å²) in [4.78, 5) is 20.5. The number of nitrogen functional groups attached to an aromatic ring is 1. The first kappa shape index (κ1) is 14.0. The van der Waals surface area contributed by atoms with E-state index < -0.39 is 5.60 Å². The molecule has 0 unspecified atom stereocenters. The van der Waals surface area contributed by atoms with E-state index in [2.05, 4.69) is 9.88 Å². The van der Waals surface area contributed by atoms with Crippen LogP contribution in [-0.4, -0.2) is 46.8 Å². The van der Waals surface area contributed by atoms with Gasteiger partial charge in [0, 0.05) is 19.1 Å². The van der Waals surface area contributed by atoms with Gasteiger partial charge in [-0.15, -0.1) is 0 Å². The fourth-order valence-corrected chi connectivity index (χ4v) is 3.09. The normalized spacial score (nSPS) is 24.5. The number of hydrogen-bond donors (Lipinski definition) is 1. The Morgan fingerprint density at radius 2 is 2.10 bits per heavy atom. The van der Waals surface area contributed by atoms with Gasteiger partial charge in [0.1, 0.15) is 11.4 Å². The summed E-state index contributed by atoms with van der Waals surface area (Å²) in [6.07, 6.45) is 2.59. The Kier molecular flexibility index (Phi) is 3.19. The highest BCUT2D eigenvalue weighted by Gasteiger charge is 2.46. The van der Waals surface area contributed by atoms with Gasteiger partial charge in [0.05, 0.1) is 17.9 Å². The van der Waals surface area contributed by atoms with Crippen LogP contribution in [0.25, 0.3) is 0 Å². The molecule has 2 fully saturated rings. The number of carbonyl (C=O) groups is 1. The summed E-state index contributed by atoms with van der Waals surface area (Å²) in [5.74, 6) is 0.526. The average Bonchev–Trinajstić information content (AvgIpc) is 2.97. The summed E-state index contributed by atoms with van der Waals surface area (Å²) in [5, 5.41) is 0. The molecule has 2 bridgehead atoms. The molecule has 0 spiro atoms. The summed E-state index contributed by atoms with van der Waals surface area (Å²) in [7, 11) is 0. The van der Waals surface area contributed by atoms with Crippen LogP contribution in [0.2, 0.25) is 0 Å². The molecular formula is C15H22N4O2. The molecule has 2 atom stereocenters. The lowest BCUT2D eigenvalue weighted by molar-refractivity contribution is 0.0215. The van der Waals surface area contributed by atoms with Gasteiger partial charge in [0.15, 0.2) is 0 Å². The fraction of sp³-hybridized carbons (Fsp3) is 0.600. The summed E-state index contributed by atoms with van der Waals surface area (Å²) in [6.45, 7) is 7.22. The van der Waals surface area contributed by atoms with Crippen molar-refractivity contribution in [1.29, 1.82) is 0 Å². The molecule has 2 aliphatic rings. The highest BCUT2D eigenvalue weighted by Crippen LogP contribution is 2.35. The van der Waals surface area contributed by atoms with Crippen molar-refractivity contribution in [2.75, 3.05) is 23.7 Å². The van der Waals surface area contributed by atoms with Crippen LogP contribution in [0.1, 0.15) is 27.2 Å². The molecule has 114 valence electrons. The van der Waals surface area contributed by atoms with Crippen molar-refractivity contribution in [2.24, 2.45) is 0 Å². The quantitative estimate of drug-likeness (QED) is 0.854. The van der Waals surface area contributed by atoms with Crippen LogP contribution in [0, 0.1) is 0 Å². The molecule has 0 radical (unpaired) electrons. The number of carbonyl (C=O) groups excluding carboxylic acids is 1. The summed E-state index contributed by atoms with van der Waals surface area (Å²) in [5.41, 5.74) is 6.25. The molecule has 0 aromatic carbocycles. The molecule has 2 saturated heterocycles. The topological polar surface area (TPSA) is 71.7 Å². The minimum atomic E-state index is -0.445. The van der Waals surface area contributed by atoms with E-state index in [1.165, 1.54) is 0 Å². The number of amides is 1. The number of nitrogens with zero attached hydrogens (tertiary/aromatic N) is 3. The molecule has 1 aromatic heterocycles. The second-order valence-electron chi connectivity index (χ2n) is 6.77. The van der Waals surface area contributed by atoms with E-state index in [1.807, 2.05) is 37.8 Å². The van der Waals surface area contributed by atoms with Gasteiger partial charge in [-0.2, -0.15) is 0 Å². The van der Waals surface area contributed by atoms with Crippen molar-refractivity contribution in [2.45, 2.75) is 44.9 Å². The van der Waals surface area contributed by atoms with E-state index in [0.29, 0.717) is 18.4 Å². The molecule has 0 saturated carbocycles. The average molecular weight is 290 g/mol. The monoisotopic (exact) mass is 290 g/mol. The standard InChI is InChI=1S/C15H22N4O2/c1-15(2,3)21-14(20)19-9-11-6-12(19)8-18(11)10-4-5-13(16)17-7-10/h4-5,7,11-12H,6,8-9H2,1-3H3,(H2,16,17)/t11-,12+/m1/s1. The highest BCUT2D eigenvalue weighted by molar-refractivity contribution is 5.70. The lowest BCUT2D eigenvalue weighted by atomic mass is 10.2. The molecule has 0 aliphatic carbocycles. The molecular weight excluding hydrogens is 268 g/mol. The van der Waals surface area contributed by atoms with Crippen molar-refractivity contribution >= 4 is 17.6 Å². The van der Waals surface area contributed by atoms with Gasteiger partial charge in [0.25, 0.3) is 0 Å². The largest absolute Gasteiger partial charge is 0.444 e. The number of pyridine rings is 1. The Morgan fingerprint density at radius 1 is 1.33 bits per heavy atom. The van der Waals surface area contributed by atoms with E-state index >= 15 is 0 Å². The zero-order valence-electron chi connectivity index (χ0n) is 12.7. The molecule has 6 heteroatoms. The van der Waals surface area contributed by atoms with E-state index in [4.69, 9.17) is 10.5 Å². The van der Waals surface area contributed by atoms with Crippen molar-refractivity contribution in [3.8, 4) is 0 Å². The zero-order chi connectivity index (χ0) is 15.2. The maximum absolute atomic E-state index is 12.2. The van der Waals surface area contributed by atoms with Crippen LogP contribution in [-0.2, 0) is 4.74 Å². The van der Waals surface area contributed by atoms with Crippen molar-refractivity contribution in [3.05, 3.63) is 18.3 Å². The Bertz CT molecular complexity index is 538. The second kappa shape index (κ2) is 4.79. The van der Waals surface area contributed by atoms with E-state index in [0.717, 1.165) is 18.7 Å². The predicted molar refractivity (Wildman–Crippen MR) is 81.1 cm³/mol. The first-order valence-electron chi connectivity index (χ1n) is 7.31. The van der Waals surface area contributed by atoms with Crippen molar-refractivity contribution in [1.82, 2.24) is 9.88 Å². The van der Waals surface area contributed by atoms with Gasteiger partial charge in [0.2, 0.25) is 0 Å². The molecule has 21 heavy (non-hydrogen) atoms. The van der Waals surface area contributed by atoms with Gasteiger partial charge in [-0.1, -0.05) is 0 Å². The SMILES string of the molecule is CC(C)(C)OC(=O)N1C[C@H]2C[C@H]1CN2c1ccc(N)nc1. The Hall–Kier alpha value is -1.98. The number of hydrogen-bond acceptors (Lipinski definition) is 5. The Labute approximate surface area is 124 Å². The number of nitrogens with two attached hydrogens (primary N) is 1. The van der Waals surface area contributed by atoms with E-state index in [1.54, 1.807) is 6.20 Å². The lowest BCUT2D eigenvalue weighted by Crippen LogP contribution is -2.50. The number of rotatable bonds is 1. The smallest absolute Gasteiger partial charge is 0.410 e. The number of aromatic nitrogens is 1. The number of piperazine rings is 1. The first-order valence-corrected chi connectivity index (χ1v) is 7.31. The number of ether oxygens (including phenoxy) is 1. The highest BCUT2D eigenvalue weighted by atomic mass is 16.6. The minimum absolute atomic E-state index is 0.204. The van der Waals surface area contributed by atoms with Crippen LogP contribution in [0.15, 0.2) is 18.3 Å². The number of anilines is 2. The minimum Gasteiger partial charge on any atom is -0.444 e. The Balaban J connectivity index is 1.66. The number of fused-ring (bicyclic) bond motifs is 2. The van der Waals surface area contributed by atoms with Crippen LogP contribution < -0.4 is 10.6 Å².